The number of amides is 1. The summed E-state index contributed by atoms with van der Waals surface area (Å²) in [6.45, 7) is 0. The van der Waals surface area contributed by atoms with Crippen LogP contribution in [-0.4, -0.2) is 21.1 Å². The molecule has 1 unspecified atom stereocenters. The number of fused-ring (bicyclic) bond motifs is 1. The molecule has 1 amide bonds. The molecule has 0 saturated carbocycles. The van der Waals surface area contributed by atoms with Crippen LogP contribution in [0.3, 0.4) is 0 Å². The number of anilines is 2. The van der Waals surface area contributed by atoms with Crippen LogP contribution in [0.25, 0.3) is 0 Å². The molecule has 3 N–H and O–H groups in total. The maximum absolute atomic E-state index is 12.4. The van der Waals surface area contributed by atoms with E-state index in [0.29, 0.717) is 12.2 Å². The summed E-state index contributed by atoms with van der Waals surface area (Å²) in [5.41, 5.74) is 5.36. The van der Waals surface area contributed by atoms with Gasteiger partial charge in [0.05, 0.1) is 0 Å². The van der Waals surface area contributed by atoms with E-state index in [4.69, 9.17) is 10.5 Å². The summed E-state index contributed by atoms with van der Waals surface area (Å²) in [5.74, 6) is 0.0691. The van der Waals surface area contributed by atoms with E-state index in [-0.39, 0.29) is 11.5 Å². The van der Waals surface area contributed by atoms with Crippen LogP contribution in [0.2, 0.25) is 0 Å². The van der Waals surface area contributed by atoms with Crippen LogP contribution in [0.15, 0.2) is 33.9 Å². The van der Waals surface area contributed by atoms with Gasteiger partial charge in [-0.1, -0.05) is 18.2 Å². The van der Waals surface area contributed by atoms with Gasteiger partial charge in [-0.3, -0.25) is 18.7 Å². The molecule has 0 spiro atoms. The lowest BCUT2D eigenvalue weighted by molar-refractivity contribution is -0.122. The molecular formula is C15H16N4O4. The number of aromatic nitrogens is 2. The zero-order chi connectivity index (χ0) is 16.7. The number of hydrogen-bond acceptors (Lipinski definition) is 5. The van der Waals surface area contributed by atoms with Gasteiger partial charge in [0.15, 0.2) is 6.10 Å². The Morgan fingerprint density at radius 1 is 1.26 bits per heavy atom. The normalized spacial score (nSPS) is 15.8. The molecule has 0 bridgehead atoms. The summed E-state index contributed by atoms with van der Waals surface area (Å²) in [6.07, 6.45) is -0.331. The molecule has 1 atom stereocenters. The van der Waals surface area contributed by atoms with Crippen molar-refractivity contribution in [3.63, 3.8) is 0 Å². The molecule has 0 radical (unpaired) electrons. The number of nitrogen functional groups attached to an aromatic ring is 1. The van der Waals surface area contributed by atoms with E-state index < -0.39 is 23.3 Å². The molecule has 23 heavy (non-hydrogen) atoms. The Morgan fingerprint density at radius 3 is 2.65 bits per heavy atom. The van der Waals surface area contributed by atoms with E-state index in [2.05, 4.69) is 5.32 Å². The number of nitrogens with zero attached hydrogens (tertiary/aromatic N) is 2. The average Bonchev–Trinajstić information content (AvgIpc) is 2.99. The second kappa shape index (κ2) is 5.31. The monoisotopic (exact) mass is 316 g/mol. The van der Waals surface area contributed by atoms with Crippen LogP contribution in [-0.2, 0) is 25.3 Å². The number of carbonyl (C=O) groups excluding carboxylic acids is 1. The highest BCUT2D eigenvalue weighted by atomic mass is 16.5. The third kappa shape index (κ3) is 2.37. The van der Waals surface area contributed by atoms with Crippen molar-refractivity contribution in [2.24, 2.45) is 14.1 Å². The van der Waals surface area contributed by atoms with Crippen molar-refractivity contribution in [2.75, 3.05) is 11.1 Å². The standard InChI is InChI=1S/C15H16N4O4/c1-18-12(16)11(14(21)19(2)15(18)22)17-13(20)10-7-8-5-3-4-6-9(8)23-10/h3-6,10H,7,16H2,1-2H3,(H,17,20). The highest BCUT2D eigenvalue weighted by molar-refractivity contribution is 5.96. The molecule has 1 aromatic carbocycles. The van der Waals surface area contributed by atoms with Crippen molar-refractivity contribution in [1.29, 1.82) is 0 Å². The Kier molecular flexibility index (Phi) is 3.44. The van der Waals surface area contributed by atoms with Gasteiger partial charge in [-0.2, -0.15) is 0 Å². The van der Waals surface area contributed by atoms with Gasteiger partial charge < -0.3 is 15.8 Å². The van der Waals surface area contributed by atoms with E-state index >= 15 is 0 Å². The molecule has 0 fully saturated rings. The van der Waals surface area contributed by atoms with Crippen molar-refractivity contribution in [1.82, 2.24) is 9.13 Å². The number of nitrogens with two attached hydrogens (primary N) is 1. The van der Waals surface area contributed by atoms with Gasteiger partial charge in [0, 0.05) is 20.5 Å². The van der Waals surface area contributed by atoms with Crippen molar-refractivity contribution >= 4 is 17.4 Å². The number of para-hydroxylation sites is 1. The fraction of sp³-hybridized carbons (Fsp3) is 0.267. The first-order valence-corrected chi connectivity index (χ1v) is 7.01. The maximum atomic E-state index is 12.4. The summed E-state index contributed by atoms with van der Waals surface area (Å²) in [4.78, 5) is 36.3. The van der Waals surface area contributed by atoms with E-state index in [1.165, 1.54) is 14.1 Å². The Hall–Kier alpha value is -3.03. The Bertz CT molecular complexity index is 888. The molecule has 2 heterocycles. The number of hydrogen-bond donors (Lipinski definition) is 2. The highest BCUT2D eigenvalue weighted by Crippen LogP contribution is 2.28. The molecule has 1 aromatic heterocycles. The first-order valence-electron chi connectivity index (χ1n) is 7.01. The summed E-state index contributed by atoms with van der Waals surface area (Å²) in [5, 5.41) is 2.48. The SMILES string of the molecule is Cn1c(N)c(NC(=O)C2Cc3ccccc3O2)c(=O)n(C)c1=O. The van der Waals surface area contributed by atoms with E-state index in [1.54, 1.807) is 6.07 Å². The molecule has 2 aromatic rings. The molecule has 120 valence electrons. The van der Waals surface area contributed by atoms with Gasteiger partial charge in [0.2, 0.25) is 0 Å². The fourth-order valence-corrected chi connectivity index (χ4v) is 2.51. The van der Waals surface area contributed by atoms with Crippen LogP contribution in [0.5, 0.6) is 5.75 Å². The summed E-state index contributed by atoms with van der Waals surface area (Å²) in [7, 11) is 2.75. The molecule has 1 aliphatic heterocycles. The summed E-state index contributed by atoms with van der Waals surface area (Å²) in [6, 6.07) is 7.34. The minimum Gasteiger partial charge on any atom is -0.480 e. The third-order valence-corrected chi connectivity index (χ3v) is 3.90. The Labute approximate surface area is 131 Å². The second-order valence-electron chi connectivity index (χ2n) is 5.37. The smallest absolute Gasteiger partial charge is 0.332 e. The van der Waals surface area contributed by atoms with Gasteiger partial charge in [-0.05, 0) is 11.6 Å². The van der Waals surface area contributed by atoms with Crippen LogP contribution in [0.1, 0.15) is 5.56 Å². The van der Waals surface area contributed by atoms with E-state index in [1.807, 2.05) is 18.2 Å². The van der Waals surface area contributed by atoms with E-state index in [9.17, 15) is 14.4 Å². The predicted molar refractivity (Wildman–Crippen MR) is 84.5 cm³/mol. The summed E-state index contributed by atoms with van der Waals surface area (Å²) >= 11 is 0. The number of carbonyl (C=O) groups is 1. The molecule has 8 heteroatoms. The van der Waals surface area contributed by atoms with Gasteiger partial charge in [-0.15, -0.1) is 0 Å². The first kappa shape index (κ1) is 14.9. The first-order chi connectivity index (χ1) is 10.9. The quantitative estimate of drug-likeness (QED) is 0.784. The topological polar surface area (TPSA) is 108 Å². The largest absolute Gasteiger partial charge is 0.480 e. The minimum atomic E-state index is -0.742. The third-order valence-electron chi connectivity index (χ3n) is 3.90. The second-order valence-corrected chi connectivity index (χ2v) is 5.37. The molecular weight excluding hydrogens is 300 g/mol. The Balaban J connectivity index is 1.88. The minimum absolute atomic E-state index is 0.0954. The number of ether oxygens (including phenoxy) is 1. The van der Waals surface area contributed by atoms with Crippen LogP contribution in [0.4, 0.5) is 11.5 Å². The molecule has 3 rings (SSSR count). The number of nitrogens with one attached hydrogen (secondary N) is 1. The van der Waals surface area contributed by atoms with Gasteiger partial charge in [-0.25, -0.2) is 4.79 Å². The molecule has 8 nitrogen and oxygen atoms in total. The predicted octanol–water partition coefficient (Wildman–Crippen LogP) is -0.392. The molecule has 0 aliphatic carbocycles. The fourth-order valence-electron chi connectivity index (χ4n) is 2.51. The number of rotatable bonds is 2. The lowest BCUT2D eigenvalue weighted by atomic mass is 10.1. The van der Waals surface area contributed by atoms with Crippen LogP contribution < -0.4 is 27.0 Å². The van der Waals surface area contributed by atoms with Crippen LogP contribution in [0, 0.1) is 0 Å². The Morgan fingerprint density at radius 2 is 1.96 bits per heavy atom. The van der Waals surface area contributed by atoms with Crippen LogP contribution >= 0.6 is 0 Å². The van der Waals surface area contributed by atoms with Gasteiger partial charge in [0.1, 0.15) is 17.3 Å². The average molecular weight is 316 g/mol. The molecule has 1 aliphatic rings. The van der Waals surface area contributed by atoms with E-state index in [0.717, 1.165) is 14.7 Å². The van der Waals surface area contributed by atoms with Crippen molar-refractivity contribution < 1.29 is 9.53 Å². The van der Waals surface area contributed by atoms with Gasteiger partial charge in [0.25, 0.3) is 11.5 Å². The lowest BCUT2D eigenvalue weighted by Gasteiger charge is -2.14. The zero-order valence-electron chi connectivity index (χ0n) is 12.7. The van der Waals surface area contributed by atoms with Crippen molar-refractivity contribution in [2.45, 2.75) is 12.5 Å². The van der Waals surface area contributed by atoms with Gasteiger partial charge >= 0.3 is 5.69 Å². The summed E-state index contributed by atoms with van der Waals surface area (Å²) < 4.78 is 7.56. The lowest BCUT2D eigenvalue weighted by Crippen LogP contribution is -2.42. The number of benzene rings is 1. The van der Waals surface area contributed by atoms with Crippen molar-refractivity contribution in [3.8, 4) is 5.75 Å². The zero-order valence-corrected chi connectivity index (χ0v) is 12.7. The molecule has 0 saturated heterocycles. The highest BCUT2D eigenvalue weighted by Gasteiger charge is 2.30. The maximum Gasteiger partial charge on any atom is 0.332 e. The van der Waals surface area contributed by atoms with Crippen molar-refractivity contribution in [3.05, 3.63) is 50.7 Å².